The Kier molecular flexibility index (Phi) is 14.0. The van der Waals surface area contributed by atoms with Crippen LogP contribution in [0.3, 0.4) is 0 Å². The zero-order valence-electron chi connectivity index (χ0n) is 46.0. The molecule has 402 valence electrons. The van der Waals surface area contributed by atoms with Crippen molar-refractivity contribution >= 4 is 68.6 Å². The Hall–Kier alpha value is -10.5. The lowest BCUT2D eigenvalue weighted by Crippen LogP contribution is -2.44. The number of rotatable bonds is 15. The Morgan fingerprint density at radius 2 is 0.952 bits per heavy atom. The van der Waals surface area contributed by atoms with Gasteiger partial charge in [-0.1, -0.05) is 146 Å². The van der Waals surface area contributed by atoms with E-state index in [-0.39, 0.29) is 12.2 Å². The van der Waals surface area contributed by atoms with Crippen LogP contribution in [0.25, 0.3) is 39.8 Å². The zero-order valence-corrected chi connectivity index (χ0v) is 46.0. The van der Waals surface area contributed by atoms with Crippen molar-refractivity contribution in [2.75, 3.05) is 19.6 Å². The fourth-order valence-corrected chi connectivity index (χ4v) is 12.0. The normalized spacial score (nSPS) is 16.1. The van der Waals surface area contributed by atoms with E-state index in [2.05, 4.69) is 303 Å². The third kappa shape index (κ3) is 10.3. The Bertz CT molecular complexity index is 4140. The minimum absolute atomic E-state index is 0.0520. The molecule has 0 saturated carbocycles. The summed E-state index contributed by atoms with van der Waals surface area (Å²) in [7, 11) is 0. The molecule has 1 aliphatic heterocycles. The first-order valence-electron chi connectivity index (χ1n) is 28.8. The second-order valence-corrected chi connectivity index (χ2v) is 21.0. The van der Waals surface area contributed by atoms with Crippen molar-refractivity contribution < 1.29 is 0 Å². The van der Waals surface area contributed by atoms with Crippen LogP contribution >= 0.6 is 0 Å². The van der Waals surface area contributed by atoms with Gasteiger partial charge in [0.1, 0.15) is 23.6 Å². The largest absolute Gasteiger partial charge is 0.360 e. The number of benzene rings is 6. The molecule has 83 heavy (non-hydrogen) atoms. The number of nitrogens with one attached hydrogen (secondary N) is 1. The van der Waals surface area contributed by atoms with E-state index < -0.39 is 0 Å². The van der Waals surface area contributed by atoms with Gasteiger partial charge >= 0.3 is 0 Å². The maximum atomic E-state index is 5.55. The summed E-state index contributed by atoms with van der Waals surface area (Å²) in [5.41, 5.74) is 15.6. The topological polar surface area (TPSA) is 68.6 Å². The highest BCUT2D eigenvalue weighted by Crippen LogP contribution is 2.43. The van der Waals surface area contributed by atoms with Gasteiger partial charge in [0, 0.05) is 56.6 Å². The molecular formula is C74H61N9. The summed E-state index contributed by atoms with van der Waals surface area (Å²) in [6.07, 6.45) is 29.7. The molecule has 9 nitrogen and oxygen atoms in total. The highest BCUT2D eigenvalue weighted by molar-refractivity contribution is 5.95. The third-order valence-electron chi connectivity index (χ3n) is 15.8. The molecule has 0 fully saturated rings. The molecular weight excluding hydrogens is 1010 g/mol. The number of para-hydroxylation sites is 5. The molecule has 4 aromatic heterocycles. The number of hydrogen-bond donors (Lipinski definition) is 1. The molecule has 2 atom stereocenters. The molecule has 9 heteroatoms. The lowest BCUT2D eigenvalue weighted by molar-refractivity contribution is 0.689. The summed E-state index contributed by atoms with van der Waals surface area (Å²) >= 11 is 0. The van der Waals surface area contributed by atoms with E-state index >= 15 is 0 Å². The summed E-state index contributed by atoms with van der Waals surface area (Å²) in [6.45, 7) is 0. The highest BCUT2D eigenvalue weighted by Gasteiger charge is 2.31. The fraction of sp³-hybridized carbons (Fsp3) is 0.0946. The van der Waals surface area contributed by atoms with Crippen LogP contribution in [0.15, 0.2) is 297 Å². The van der Waals surface area contributed by atoms with Gasteiger partial charge in [0.25, 0.3) is 0 Å². The average molecular weight is 1080 g/mol. The SMILES string of the molecule is C1=CC(N(C2=CCCC=C2)c2ccccc2)NC(c2cccc(N(C3=CCCC=C3)C3C=Cc4c(c5cc(N(c6ccccc6)c6cccc(-c7cccc(N(c8ccccc8)c8ccccc8)n7)n6)ccc5n4-c4ccccc4)C3)n2)=C1. The Labute approximate surface area is 485 Å². The number of hydrogen-bond acceptors (Lipinski definition) is 8. The molecule has 6 aromatic carbocycles. The predicted octanol–water partition coefficient (Wildman–Crippen LogP) is 17.7. The van der Waals surface area contributed by atoms with Gasteiger partial charge in [0.2, 0.25) is 0 Å². The summed E-state index contributed by atoms with van der Waals surface area (Å²) in [4.78, 5) is 25.6. The van der Waals surface area contributed by atoms with Gasteiger partial charge in [-0.15, -0.1) is 0 Å². The van der Waals surface area contributed by atoms with E-state index in [4.69, 9.17) is 15.0 Å². The predicted molar refractivity (Wildman–Crippen MR) is 343 cm³/mol. The molecule has 1 N–H and O–H groups in total. The smallest absolute Gasteiger partial charge is 0.138 e. The first kappa shape index (κ1) is 50.7. The van der Waals surface area contributed by atoms with E-state index in [1.165, 1.54) is 22.3 Å². The molecule has 4 aliphatic rings. The maximum absolute atomic E-state index is 5.55. The minimum Gasteiger partial charge on any atom is -0.360 e. The van der Waals surface area contributed by atoms with Gasteiger partial charge in [-0.2, -0.15) is 0 Å². The number of fused-ring (bicyclic) bond motifs is 3. The van der Waals surface area contributed by atoms with Gasteiger partial charge in [0.05, 0.1) is 34.3 Å². The van der Waals surface area contributed by atoms with E-state index in [1.807, 2.05) is 18.2 Å². The van der Waals surface area contributed by atoms with Crippen LogP contribution in [-0.4, -0.2) is 31.7 Å². The standard InChI is InChI=1S/C74H61N9/c1-8-26-54(27-9-1)79(55-28-10-2-11-29-55)71-44-22-40-65(75-71)67-42-24-46-73(77-67)81(58-34-16-5-17-35-58)61-48-50-69-63(52-61)64-53-62(49-51-70(64)83(69)60-38-20-7-21-39-60)82(59-36-18-6-19-37-59)74-47-25-43-68(78-74)66-41-23-45-72(76-66)80(56-30-12-3-13-31-56)57-32-14-4-15-33-57/h1-3,5,7-14,16-18,20-52,62,72,76H,4,6,15,19,53H2. The first-order valence-corrected chi connectivity index (χ1v) is 28.8. The number of allylic oxidation sites excluding steroid dienone is 8. The van der Waals surface area contributed by atoms with Gasteiger partial charge in [-0.05, 0) is 183 Å². The van der Waals surface area contributed by atoms with Crippen molar-refractivity contribution in [1.82, 2.24) is 24.8 Å². The van der Waals surface area contributed by atoms with Crippen LogP contribution in [-0.2, 0) is 6.42 Å². The molecule has 0 saturated heterocycles. The quantitative estimate of drug-likeness (QED) is 0.109. The number of dihydropyridines is 1. The first-order chi connectivity index (χ1) is 41.2. The zero-order chi connectivity index (χ0) is 55.3. The summed E-state index contributed by atoms with van der Waals surface area (Å²) in [5.74, 6) is 2.48. The minimum atomic E-state index is -0.119. The Morgan fingerprint density at radius 1 is 0.434 bits per heavy atom. The summed E-state index contributed by atoms with van der Waals surface area (Å²) < 4.78 is 2.42. The average Bonchev–Trinajstić information content (AvgIpc) is 2.79. The van der Waals surface area contributed by atoms with Gasteiger partial charge in [0.15, 0.2) is 0 Å². The molecule has 2 unspecified atom stereocenters. The molecule has 10 aromatic rings. The van der Waals surface area contributed by atoms with Gasteiger partial charge in [-0.3, -0.25) is 9.80 Å². The van der Waals surface area contributed by atoms with Crippen molar-refractivity contribution in [1.29, 1.82) is 0 Å². The van der Waals surface area contributed by atoms with Crippen LogP contribution in [0.2, 0.25) is 0 Å². The number of aromatic nitrogens is 4. The molecule has 0 spiro atoms. The van der Waals surface area contributed by atoms with Crippen molar-refractivity contribution in [3.05, 3.63) is 314 Å². The third-order valence-corrected chi connectivity index (χ3v) is 15.8. The van der Waals surface area contributed by atoms with E-state index in [9.17, 15) is 0 Å². The van der Waals surface area contributed by atoms with Crippen LogP contribution in [0.5, 0.6) is 0 Å². The molecule has 0 amide bonds. The van der Waals surface area contributed by atoms with Crippen LogP contribution in [0.4, 0.5) is 45.9 Å². The lowest BCUT2D eigenvalue weighted by Gasteiger charge is -2.37. The lowest BCUT2D eigenvalue weighted by atomic mass is 9.94. The number of nitrogens with zero attached hydrogens (tertiary/aromatic N) is 8. The molecule has 5 heterocycles. The van der Waals surface area contributed by atoms with E-state index in [1.54, 1.807) is 0 Å². The molecule has 3 aliphatic carbocycles. The van der Waals surface area contributed by atoms with Crippen molar-refractivity contribution in [3.63, 3.8) is 0 Å². The molecule has 0 bridgehead atoms. The monoisotopic (exact) mass is 1080 g/mol. The molecule has 14 rings (SSSR count). The number of anilines is 8. The van der Waals surface area contributed by atoms with Crippen LogP contribution in [0, 0.1) is 0 Å². The second-order valence-electron chi connectivity index (χ2n) is 21.0. The molecule has 0 radical (unpaired) electrons. The summed E-state index contributed by atoms with van der Waals surface area (Å²) in [6, 6.07) is 78.4. The second kappa shape index (κ2) is 22.9. The van der Waals surface area contributed by atoms with Crippen LogP contribution < -0.4 is 24.9 Å². The van der Waals surface area contributed by atoms with Crippen LogP contribution in [0.1, 0.15) is 42.6 Å². The maximum Gasteiger partial charge on any atom is 0.138 e. The van der Waals surface area contributed by atoms with Crippen molar-refractivity contribution in [2.45, 2.75) is 44.3 Å². The Balaban J connectivity index is 0.835. The van der Waals surface area contributed by atoms with Gasteiger partial charge in [-0.25, -0.2) is 15.0 Å². The van der Waals surface area contributed by atoms with Crippen molar-refractivity contribution in [2.24, 2.45) is 0 Å². The van der Waals surface area contributed by atoms with E-state index in [0.717, 1.165) is 118 Å². The highest BCUT2D eigenvalue weighted by atomic mass is 15.3. The number of pyridine rings is 3. The van der Waals surface area contributed by atoms with Crippen molar-refractivity contribution in [3.8, 4) is 17.1 Å². The Morgan fingerprint density at radius 3 is 1.53 bits per heavy atom. The summed E-state index contributed by atoms with van der Waals surface area (Å²) in [5, 5.41) is 5.07. The van der Waals surface area contributed by atoms with E-state index in [0.29, 0.717) is 0 Å². The van der Waals surface area contributed by atoms with Gasteiger partial charge < -0.3 is 19.7 Å². The fourth-order valence-electron chi connectivity index (χ4n) is 12.0.